The van der Waals surface area contributed by atoms with Crippen LogP contribution in [-0.2, 0) is 5.41 Å². The lowest BCUT2D eigenvalue weighted by atomic mass is 9.82. The van der Waals surface area contributed by atoms with E-state index in [-0.39, 0.29) is 5.41 Å². The number of benzene rings is 9. The van der Waals surface area contributed by atoms with Crippen LogP contribution in [0.2, 0.25) is 0 Å². The molecule has 1 aromatic heterocycles. The molecule has 0 unspecified atom stereocenters. The topological polar surface area (TPSA) is 11.4 Å². The van der Waals surface area contributed by atoms with Crippen LogP contribution in [0.3, 0.4) is 0 Å². The highest BCUT2D eigenvalue weighted by Gasteiger charge is 2.36. The molecule has 0 atom stereocenters. The molecule has 0 spiro atoms. The van der Waals surface area contributed by atoms with Crippen LogP contribution in [0.25, 0.3) is 49.7 Å². The quantitative estimate of drug-likeness (QED) is 0.152. The summed E-state index contributed by atoms with van der Waals surface area (Å²) in [6.45, 7) is 4.72. The summed E-state index contributed by atoms with van der Waals surface area (Å²) in [7, 11) is 0. The molecule has 0 saturated heterocycles. The lowest BCUT2D eigenvalue weighted by Gasteiger charge is -2.30. The van der Waals surface area contributed by atoms with Gasteiger partial charge in [0.1, 0.15) is 0 Å². The Labute approximate surface area is 351 Å². The molecule has 10 aromatic rings. The van der Waals surface area contributed by atoms with Gasteiger partial charge in [0.2, 0.25) is 0 Å². The van der Waals surface area contributed by atoms with Crippen LogP contribution in [0.1, 0.15) is 25.0 Å². The molecule has 1 aliphatic rings. The predicted molar refractivity (Wildman–Crippen MR) is 253 cm³/mol. The van der Waals surface area contributed by atoms with Gasteiger partial charge >= 0.3 is 0 Å². The van der Waals surface area contributed by atoms with Crippen LogP contribution in [0, 0.1) is 0 Å². The van der Waals surface area contributed by atoms with E-state index in [0.717, 1.165) is 50.9 Å². The normalized spacial score (nSPS) is 12.6. The van der Waals surface area contributed by atoms with Crippen molar-refractivity contribution in [2.45, 2.75) is 19.3 Å². The van der Waals surface area contributed by atoms with Crippen LogP contribution >= 0.6 is 0 Å². The molecule has 0 aliphatic heterocycles. The Bertz CT molecular complexity index is 2970. The van der Waals surface area contributed by atoms with E-state index in [1.807, 2.05) is 0 Å². The molecule has 3 nitrogen and oxygen atoms in total. The van der Waals surface area contributed by atoms with Crippen molar-refractivity contribution in [1.29, 1.82) is 0 Å². The smallest absolute Gasteiger partial charge is 0.0544 e. The second-order valence-electron chi connectivity index (χ2n) is 16.2. The molecule has 0 N–H and O–H groups in total. The average Bonchev–Trinajstić information content (AvgIpc) is 3.75. The minimum absolute atomic E-state index is 0.0885. The van der Waals surface area contributed by atoms with Crippen LogP contribution < -0.4 is 9.80 Å². The van der Waals surface area contributed by atoms with E-state index in [2.05, 4.69) is 253 Å². The third kappa shape index (κ3) is 5.89. The number of rotatable bonds is 8. The summed E-state index contributed by atoms with van der Waals surface area (Å²) < 4.78 is 2.45. The molecule has 286 valence electrons. The number of hydrogen-bond acceptors (Lipinski definition) is 2. The standard InChI is InChI=1S/C57H43N3/c1-57(2)53-29-17-15-27-49(53)51-38-52-50-28-16-18-30-55(50)60(56(52)39-54(51)57)46-33-31-40(32-34-46)41-35-47(58(42-19-7-3-8-20-42)43-21-9-4-10-22-43)37-48(36-41)59(44-23-11-5-12-24-44)45-25-13-6-14-26-45/h3-39H,1-2H3. The fourth-order valence-corrected chi connectivity index (χ4v) is 9.47. The Hall–Kier alpha value is -7.62. The van der Waals surface area contributed by atoms with Crippen molar-refractivity contribution < 1.29 is 0 Å². The van der Waals surface area contributed by atoms with Crippen molar-refractivity contribution in [3.63, 3.8) is 0 Å². The van der Waals surface area contributed by atoms with E-state index in [9.17, 15) is 0 Å². The zero-order valence-electron chi connectivity index (χ0n) is 33.7. The highest BCUT2D eigenvalue weighted by molar-refractivity contribution is 6.11. The van der Waals surface area contributed by atoms with Gasteiger partial charge in [0.25, 0.3) is 0 Å². The maximum Gasteiger partial charge on any atom is 0.0544 e. The Balaban J connectivity index is 1.09. The molecular weight excluding hydrogens is 727 g/mol. The molecular formula is C57H43N3. The third-order valence-corrected chi connectivity index (χ3v) is 12.3. The highest BCUT2D eigenvalue weighted by Crippen LogP contribution is 2.51. The van der Waals surface area contributed by atoms with Crippen molar-refractivity contribution >= 4 is 55.9 Å². The molecule has 0 bridgehead atoms. The largest absolute Gasteiger partial charge is 0.310 e. The van der Waals surface area contributed by atoms with Gasteiger partial charge in [-0.15, -0.1) is 0 Å². The van der Waals surface area contributed by atoms with Crippen molar-refractivity contribution in [3.8, 4) is 27.9 Å². The number of fused-ring (bicyclic) bond motifs is 6. The van der Waals surface area contributed by atoms with Crippen molar-refractivity contribution in [1.82, 2.24) is 4.57 Å². The molecule has 9 aromatic carbocycles. The van der Waals surface area contributed by atoms with Gasteiger partial charge in [-0.1, -0.05) is 141 Å². The lowest BCUT2D eigenvalue weighted by molar-refractivity contribution is 0.661. The summed E-state index contributed by atoms with van der Waals surface area (Å²) in [5, 5.41) is 2.55. The van der Waals surface area contributed by atoms with Gasteiger partial charge in [0.05, 0.1) is 11.0 Å². The van der Waals surface area contributed by atoms with Crippen LogP contribution in [0.15, 0.2) is 224 Å². The van der Waals surface area contributed by atoms with Crippen LogP contribution in [0.5, 0.6) is 0 Å². The minimum atomic E-state index is -0.0885. The van der Waals surface area contributed by atoms with Gasteiger partial charge in [-0.05, 0) is 130 Å². The molecule has 1 aliphatic carbocycles. The lowest BCUT2D eigenvalue weighted by Crippen LogP contribution is -2.14. The first kappa shape index (κ1) is 35.5. The van der Waals surface area contributed by atoms with E-state index in [1.165, 1.54) is 44.1 Å². The number of para-hydroxylation sites is 5. The van der Waals surface area contributed by atoms with E-state index in [4.69, 9.17) is 0 Å². The second kappa shape index (κ2) is 14.3. The van der Waals surface area contributed by atoms with Gasteiger partial charge in [-0.25, -0.2) is 0 Å². The first-order valence-corrected chi connectivity index (χ1v) is 20.8. The van der Waals surface area contributed by atoms with Gasteiger partial charge in [-0.3, -0.25) is 0 Å². The maximum atomic E-state index is 2.46. The minimum Gasteiger partial charge on any atom is -0.310 e. The fraction of sp³-hybridized carbons (Fsp3) is 0.0526. The molecule has 0 saturated carbocycles. The molecule has 11 rings (SSSR count). The van der Waals surface area contributed by atoms with Crippen LogP contribution in [-0.4, -0.2) is 4.57 Å². The van der Waals surface area contributed by atoms with Crippen molar-refractivity contribution in [2.24, 2.45) is 0 Å². The summed E-state index contributed by atoms with van der Waals surface area (Å²) >= 11 is 0. The number of anilines is 6. The van der Waals surface area contributed by atoms with E-state index in [0.29, 0.717) is 0 Å². The number of hydrogen-bond donors (Lipinski definition) is 0. The van der Waals surface area contributed by atoms with E-state index >= 15 is 0 Å². The summed E-state index contributed by atoms with van der Waals surface area (Å²) in [6, 6.07) is 81.4. The molecule has 0 amide bonds. The zero-order valence-corrected chi connectivity index (χ0v) is 33.7. The van der Waals surface area contributed by atoms with E-state index in [1.54, 1.807) is 0 Å². The maximum absolute atomic E-state index is 2.46. The number of aromatic nitrogens is 1. The van der Waals surface area contributed by atoms with Gasteiger partial charge in [0.15, 0.2) is 0 Å². The number of nitrogens with zero attached hydrogens (tertiary/aromatic N) is 3. The van der Waals surface area contributed by atoms with E-state index < -0.39 is 0 Å². The molecule has 0 radical (unpaired) electrons. The predicted octanol–water partition coefficient (Wildman–Crippen LogP) is 15.7. The highest BCUT2D eigenvalue weighted by atomic mass is 15.2. The molecule has 1 heterocycles. The first-order valence-electron chi connectivity index (χ1n) is 20.8. The molecule has 3 heteroatoms. The van der Waals surface area contributed by atoms with Gasteiger partial charge in [0, 0.05) is 56.0 Å². The van der Waals surface area contributed by atoms with Crippen molar-refractivity contribution in [2.75, 3.05) is 9.80 Å². The summed E-state index contributed by atoms with van der Waals surface area (Å²) in [5.74, 6) is 0. The summed E-state index contributed by atoms with van der Waals surface area (Å²) in [4.78, 5) is 4.71. The summed E-state index contributed by atoms with van der Waals surface area (Å²) in [6.07, 6.45) is 0. The second-order valence-corrected chi connectivity index (χ2v) is 16.2. The van der Waals surface area contributed by atoms with Crippen molar-refractivity contribution in [3.05, 3.63) is 236 Å². The SMILES string of the molecule is CC1(C)c2ccccc2-c2cc3c4ccccc4n(-c4ccc(-c5cc(N(c6ccccc6)c6ccccc6)cc(N(c6ccccc6)c6ccccc6)c5)cc4)c3cc21. The Morgan fingerprint density at radius 1 is 0.333 bits per heavy atom. The van der Waals surface area contributed by atoms with Gasteiger partial charge < -0.3 is 14.4 Å². The van der Waals surface area contributed by atoms with Gasteiger partial charge in [-0.2, -0.15) is 0 Å². The fourth-order valence-electron chi connectivity index (χ4n) is 9.47. The average molecular weight is 770 g/mol. The molecule has 0 fully saturated rings. The third-order valence-electron chi connectivity index (χ3n) is 12.3. The Kier molecular flexibility index (Phi) is 8.49. The monoisotopic (exact) mass is 769 g/mol. The Morgan fingerprint density at radius 2 is 0.817 bits per heavy atom. The first-order chi connectivity index (χ1) is 29.5. The Morgan fingerprint density at radius 3 is 1.37 bits per heavy atom. The zero-order chi connectivity index (χ0) is 40.2. The van der Waals surface area contributed by atoms with Crippen LogP contribution in [0.4, 0.5) is 34.1 Å². The molecule has 60 heavy (non-hydrogen) atoms. The summed E-state index contributed by atoms with van der Waals surface area (Å²) in [5.41, 5.74) is 17.7.